The zero-order valence-electron chi connectivity index (χ0n) is 11.9. The highest BCUT2D eigenvalue weighted by Gasteiger charge is 2.21. The number of nitrogens with two attached hydrogens (primary N) is 1. The third-order valence-electron chi connectivity index (χ3n) is 3.44. The van der Waals surface area contributed by atoms with Gasteiger partial charge in [-0.2, -0.15) is 0 Å². The van der Waals surface area contributed by atoms with E-state index in [0.29, 0.717) is 30.8 Å². The van der Waals surface area contributed by atoms with Crippen molar-refractivity contribution in [2.24, 2.45) is 11.8 Å². The minimum atomic E-state index is 0.218. The number of aliphatic hydroxyl groups excluding tert-OH is 1. The van der Waals surface area contributed by atoms with Crippen LogP contribution in [0.3, 0.4) is 0 Å². The van der Waals surface area contributed by atoms with E-state index in [0.717, 1.165) is 31.7 Å². The number of hydrazine groups is 1. The van der Waals surface area contributed by atoms with Crippen LogP contribution in [0.2, 0.25) is 0 Å². The van der Waals surface area contributed by atoms with Gasteiger partial charge < -0.3 is 20.2 Å². The molecule has 0 bridgehead atoms. The molecule has 1 fully saturated rings. The first kappa shape index (κ1) is 15.0. The Morgan fingerprint density at radius 3 is 3.10 bits per heavy atom. The summed E-state index contributed by atoms with van der Waals surface area (Å²) in [6.07, 6.45) is 2.12. The molecule has 1 saturated heterocycles. The second-order valence-electron chi connectivity index (χ2n) is 4.95. The lowest BCUT2D eigenvalue weighted by atomic mass is 9.99. The van der Waals surface area contributed by atoms with Gasteiger partial charge in [0.25, 0.3) is 0 Å². The molecule has 0 aliphatic carbocycles. The van der Waals surface area contributed by atoms with Gasteiger partial charge in [0.2, 0.25) is 0 Å². The first-order chi connectivity index (χ1) is 9.76. The van der Waals surface area contributed by atoms with Gasteiger partial charge >= 0.3 is 0 Å². The highest BCUT2D eigenvalue weighted by atomic mass is 16.5. The number of aliphatic hydroxyl groups is 1. The lowest BCUT2D eigenvalue weighted by Gasteiger charge is -2.33. The Hall–Kier alpha value is -1.44. The maximum absolute atomic E-state index is 9.32. The summed E-state index contributed by atoms with van der Waals surface area (Å²) in [5.41, 5.74) is 2.57. The van der Waals surface area contributed by atoms with Crippen molar-refractivity contribution >= 4 is 11.6 Å². The predicted molar refractivity (Wildman–Crippen MR) is 77.2 cm³/mol. The van der Waals surface area contributed by atoms with Gasteiger partial charge in [0, 0.05) is 32.4 Å². The van der Waals surface area contributed by atoms with E-state index < -0.39 is 0 Å². The van der Waals surface area contributed by atoms with Gasteiger partial charge in [-0.3, -0.25) is 0 Å². The fraction of sp³-hybridized carbons (Fsp3) is 0.692. The number of nitrogens with zero attached hydrogens (tertiary/aromatic N) is 3. The number of anilines is 2. The van der Waals surface area contributed by atoms with Crippen LogP contribution in [-0.2, 0) is 11.3 Å². The minimum Gasteiger partial charge on any atom is -0.396 e. The van der Waals surface area contributed by atoms with Crippen LogP contribution in [0, 0.1) is 5.92 Å². The number of hydrogen-bond acceptors (Lipinski definition) is 7. The summed E-state index contributed by atoms with van der Waals surface area (Å²) in [6, 6.07) is 1.83. The molecule has 20 heavy (non-hydrogen) atoms. The van der Waals surface area contributed by atoms with Crippen molar-refractivity contribution in [2.75, 3.05) is 36.6 Å². The molecule has 0 amide bonds. The van der Waals surface area contributed by atoms with E-state index in [-0.39, 0.29) is 6.61 Å². The van der Waals surface area contributed by atoms with E-state index >= 15 is 0 Å². The minimum absolute atomic E-state index is 0.218. The van der Waals surface area contributed by atoms with Gasteiger partial charge in [0.1, 0.15) is 18.2 Å². The summed E-state index contributed by atoms with van der Waals surface area (Å²) < 4.78 is 5.35. The average molecular weight is 281 g/mol. The van der Waals surface area contributed by atoms with E-state index in [2.05, 4.69) is 20.3 Å². The van der Waals surface area contributed by atoms with Crippen LogP contribution in [0.5, 0.6) is 0 Å². The van der Waals surface area contributed by atoms with Crippen molar-refractivity contribution in [2.45, 2.75) is 26.4 Å². The van der Waals surface area contributed by atoms with Crippen LogP contribution in [0.4, 0.5) is 11.6 Å². The van der Waals surface area contributed by atoms with E-state index in [1.807, 2.05) is 13.0 Å². The average Bonchev–Trinajstić information content (AvgIpc) is 2.52. The van der Waals surface area contributed by atoms with Crippen molar-refractivity contribution in [3.63, 3.8) is 0 Å². The summed E-state index contributed by atoms with van der Waals surface area (Å²) in [6.45, 7) is 4.89. The van der Waals surface area contributed by atoms with Crippen LogP contribution >= 0.6 is 0 Å². The van der Waals surface area contributed by atoms with E-state index in [4.69, 9.17) is 10.6 Å². The highest BCUT2D eigenvalue weighted by molar-refractivity contribution is 5.49. The Bertz CT molecular complexity index is 429. The van der Waals surface area contributed by atoms with Gasteiger partial charge in [-0.1, -0.05) is 0 Å². The van der Waals surface area contributed by atoms with Gasteiger partial charge in [-0.15, -0.1) is 0 Å². The third kappa shape index (κ3) is 3.78. The monoisotopic (exact) mass is 281 g/mol. The molecule has 0 spiro atoms. The van der Waals surface area contributed by atoms with Crippen LogP contribution in [0.25, 0.3) is 0 Å². The van der Waals surface area contributed by atoms with E-state index in [1.54, 1.807) is 0 Å². The van der Waals surface area contributed by atoms with Crippen molar-refractivity contribution < 1.29 is 9.84 Å². The summed E-state index contributed by atoms with van der Waals surface area (Å²) in [5, 5.41) is 9.32. The number of aromatic nitrogens is 2. The number of piperidine rings is 1. The number of ether oxygens (including phenoxy) is 1. The maximum Gasteiger partial charge on any atom is 0.158 e. The largest absolute Gasteiger partial charge is 0.396 e. The Balaban J connectivity index is 2.16. The molecule has 1 aliphatic rings. The molecule has 7 heteroatoms. The maximum atomic E-state index is 9.32. The molecular weight excluding hydrogens is 258 g/mol. The smallest absolute Gasteiger partial charge is 0.158 e. The van der Waals surface area contributed by atoms with Gasteiger partial charge in [-0.25, -0.2) is 15.8 Å². The molecule has 1 unspecified atom stereocenters. The second kappa shape index (κ2) is 7.37. The Morgan fingerprint density at radius 2 is 2.40 bits per heavy atom. The zero-order valence-corrected chi connectivity index (χ0v) is 11.9. The zero-order chi connectivity index (χ0) is 14.4. The normalized spacial score (nSPS) is 19.1. The van der Waals surface area contributed by atoms with Crippen LogP contribution in [-0.4, -0.2) is 41.4 Å². The number of nitrogens with one attached hydrogen (secondary N) is 1. The fourth-order valence-electron chi connectivity index (χ4n) is 2.40. The molecule has 1 aromatic rings. The van der Waals surface area contributed by atoms with Crippen molar-refractivity contribution in [1.82, 2.24) is 9.97 Å². The second-order valence-corrected chi connectivity index (χ2v) is 4.95. The van der Waals surface area contributed by atoms with Gasteiger partial charge in [-0.05, 0) is 25.7 Å². The Morgan fingerprint density at radius 1 is 1.55 bits per heavy atom. The Labute approximate surface area is 119 Å². The molecule has 2 heterocycles. The number of hydrogen-bond donors (Lipinski definition) is 3. The van der Waals surface area contributed by atoms with Crippen molar-refractivity contribution in [3.8, 4) is 0 Å². The summed E-state index contributed by atoms with van der Waals surface area (Å²) in [4.78, 5) is 11.0. The molecule has 1 atom stereocenters. The van der Waals surface area contributed by atoms with Crippen molar-refractivity contribution in [3.05, 3.63) is 11.9 Å². The van der Waals surface area contributed by atoms with Crippen LogP contribution in [0.1, 0.15) is 25.6 Å². The lowest BCUT2D eigenvalue weighted by Crippen LogP contribution is -2.37. The highest BCUT2D eigenvalue weighted by Crippen LogP contribution is 2.23. The first-order valence-corrected chi connectivity index (χ1v) is 7.05. The molecular formula is C13H23N5O2. The van der Waals surface area contributed by atoms with Crippen LogP contribution in [0.15, 0.2) is 6.07 Å². The SMILES string of the molecule is CCOCc1nc(NN)cc(N2CCCC(CO)C2)n1. The van der Waals surface area contributed by atoms with E-state index in [1.165, 1.54) is 0 Å². The topological polar surface area (TPSA) is 96.5 Å². The van der Waals surface area contributed by atoms with E-state index in [9.17, 15) is 5.11 Å². The van der Waals surface area contributed by atoms with Gasteiger partial charge in [0.05, 0.1) is 0 Å². The predicted octanol–water partition coefficient (Wildman–Crippen LogP) is 0.507. The quantitative estimate of drug-likeness (QED) is 0.516. The standard InChI is InChI=1S/C13H23N5O2/c1-2-20-9-12-15-11(17-14)6-13(16-12)18-5-3-4-10(7-18)8-19/h6,10,19H,2-5,7-9,14H2,1H3,(H,15,16,17). The molecule has 1 aliphatic heterocycles. The first-order valence-electron chi connectivity index (χ1n) is 7.05. The number of rotatable bonds is 6. The molecule has 2 rings (SSSR count). The van der Waals surface area contributed by atoms with Gasteiger partial charge in [0.15, 0.2) is 5.82 Å². The number of nitrogen functional groups attached to an aromatic ring is 1. The lowest BCUT2D eigenvalue weighted by molar-refractivity contribution is 0.128. The Kier molecular flexibility index (Phi) is 5.51. The third-order valence-corrected chi connectivity index (χ3v) is 3.44. The molecule has 0 saturated carbocycles. The summed E-state index contributed by atoms with van der Waals surface area (Å²) in [7, 11) is 0. The van der Waals surface area contributed by atoms with Crippen LogP contribution < -0.4 is 16.2 Å². The molecule has 1 aromatic heterocycles. The van der Waals surface area contributed by atoms with Crippen molar-refractivity contribution in [1.29, 1.82) is 0 Å². The molecule has 4 N–H and O–H groups in total. The molecule has 7 nitrogen and oxygen atoms in total. The summed E-state index contributed by atoms with van der Waals surface area (Å²) in [5.74, 6) is 7.80. The molecule has 0 aromatic carbocycles. The fourth-order valence-corrected chi connectivity index (χ4v) is 2.40. The summed E-state index contributed by atoms with van der Waals surface area (Å²) >= 11 is 0. The molecule has 112 valence electrons. The molecule has 0 radical (unpaired) electrons.